The number of ether oxygens (including phenoxy) is 1. The molecule has 0 radical (unpaired) electrons. The summed E-state index contributed by atoms with van der Waals surface area (Å²) in [5, 5.41) is 2.94. The molecular weight excluding hydrogens is 286 g/mol. The standard InChI is InChI=1S/C20H25NO2/c1-14-12-15(2)16(3)19(13-14)23-17(4)20(22)21-11-10-18-8-6-5-7-9-18/h5-9,12-13,17H,10-11H2,1-4H3,(H,21,22)/t17-/m1/s1. The monoisotopic (exact) mass is 311 g/mol. The Morgan fingerprint density at radius 2 is 1.83 bits per heavy atom. The molecule has 1 atom stereocenters. The first-order valence-electron chi connectivity index (χ1n) is 8.03. The molecule has 0 aliphatic carbocycles. The van der Waals surface area contributed by atoms with Crippen molar-refractivity contribution in [2.45, 2.75) is 40.2 Å². The summed E-state index contributed by atoms with van der Waals surface area (Å²) < 4.78 is 5.86. The lowest BCUT2D eigenvalue weighted by atomic mass is 10.1. The number of hydrogen-bond donors (Lipinski definition) is 1. The van der Waals surface area contributed by atoms with Crippen molar-refractivity contribution in [1.82, 2.24) is 5.32 Å². The molecule has 2 aromatic carbocycles. The van der Waals surface area contributed by atoms with Gasteiger partial charge in [-0.05, 0) is 62.4 Å². The predicted octanol–water partition coefficient (Wildman–Crippen LogP) is 3.74. The number of aryl methyl sites for hydroxylation is 2. The van der Waals surface area contributed by atoms with Crippen LogP contribution in [0.25, 0.3) is 0 Å². The van der Waals surface area contributed by atoms with Crippen molar-refractivity contribution in [3.05, 3.63) is 64.7 Å². The molecule has 0 aliphatic rings. The van der Waals surface area contributed by atoms with Gasteiger partial charge in [0.1, 0.15) is 5.75 Å². The predicted molar refractivity (Wildman–Crippen MR) is 93.9 cm³/mol. The summed E-state index contributed by atoms with van der Waals surface area (Å²) in [6.45, 7) is 8.51. The minimum Gasteiger partial charge on any atom is -0.481 e. The van der Waals surface area contributed by atoms with Crippen LogP contribution in [0, 0.1) is 20.8 Å². The van der Waals surface area contributed by atoms with E-state index in [1.165, 1.54) is 11.1 Å². The van der Waals surface area contributed by atoms with Crippen molar-refractivity contribution in [2.75, 3.05) is 6.54 Å². The van der Waals surface area contributed by atoms with E-state index in [0.717, 1.165) is 23.3 Å². The molecule has 3 nitrogen and oxygen atoms in total. The van der Waals surface area contributed by atoms with E-state index in [4.69, 9.17) is 4.74 Å². The first-order chi connectivity index (χ1) is 11.0. The number of hydrogen-bond acceptors (Lipinski definition) is 2. The SMILES string of the molecule is Cc1cc(C)c(C)c(O[C@H](C)C(=O)NCCc2ccccc2)c1. The number of carbonyl (C=O) groups is 1. The van der Waals surface area contributed by atoms with E-state index >= 15 is 0 Å². The van der Waals surface area contributed by atoms with E-state index < -0.39 is 6.10 Å². The van der Waals surface area contributed by atoms with Gasteiger partial charge in [-0.2, -0.15) is 0 Å². The van der Waals surface area contributed by atoms with Gasteiger partial charge in [0.25, 0.3) is 5.91 Å². The third kappa shape index (κ3) is 4.85. The topological polar surface area (TPSA) is 38.3 Å². The number of nitrogens with one attached hydrogen (secondary N) is 1. The Labute approximate surface area is 138 Å². The van der Waals surface area contributed by atoms with Crippen LogP contribution in [0.15, 0.2) is 42.5 Å². The van der Waals surface area contributed by atoms with Crippen molar-refractivity contribution in [1.29, 1.82) is 0 Å². The van der Waals surface area contributed by atoms with Crippen molar-refractivity contribution in [2.24, 2.45) is 0 Å². The van der Waals surface area contributed by atoms with E-state index in [1.807, 2.05) is 38.1 Å². The van der Waals surface area contributed by atoms with Crippen LogP contribution in [-0.4, -0.2) is 18.6 Å². The first-order valence-corrected chi connectivity index (χ1v) is 8.03. The van der Waals surface area contributed by atoms with Crippen LogP contribution >= 0.6 is 0 Å². The zero-order chi connectivity index (χ0) is 16.8. The second-order valence-corrected chi connectivity index (χ2v) is 5.99. The van der Waals surface area contributed by atoms with E-state index in [0.29, 0.717) is 6.54 Å². The van der Waals surface area contributed by atoms with Gasteiger partial charge < -0.3 is 10.1 Å². The fraction of sp³-hybridized carbons (Fsp3) is 0.350. The van der Waals surface area contributed by atoms with E-state index in [-0.39, 0.29) is 5.91 Å². The van der Waals surface area contributed by atoms with Crippen LogP contribution in [0.2, 0.25) is 0 Å². The average molecular weight is 311 g/mol. The molecular formula is C20H25NO2. The summed E-state index contributed by atoms with van der Waals surface area (Å²) in [5.41, 5.74) is 4.61. The lowest BCUT2D eigenvalue weighted by Gasteiger charge is -2.18. The highest BCUT2D eigenvalue weighted by atomic mass is 16.5. The molecule has 1 N–H and O–H groups in total. The minimum atomic E-state index is -0.509. The quantitative estimate of drug-likeness (QED) is 0.882. The van der Waals surface area contributed by atoms with Gasteiger partial charge in [0, 0.05) is 6.54 Å². The Morgan fingerprint density at radius 3 is 2.52 bits per heavy atom. The Kier molecular flexibility index (Phi) is 5.80. The molecule has 0 aromatic heterocycles. The summed E-state index contributed by atoms with van der Waals surface area (Å²) in [6.07, 6.45) is 0.313. The van der Waals surface area contributed by atoms with Crippen LogP contribution < -0.4 is 10.1 Å². The second-order valence-electron chi connectivity index (χ2n) is 5.99. The molecule has 0 saturated heterocycles. The fourth-order valence-corrected chi connectivity index (χ4v) is 2.49. The van der Waals surface area contributed by atoms with Crippen LogP contribution in [0.5, 0.6) is 5.75 Å². The highest BCUT2D eigenvalue weighted by Gasteiger charge is 2.16. The van der Waals surface area contributed by atoms with Crippen molar-refractivity contribution in [3.8, 4) is 5.75 Å². The molecule has 0 bridgehead atoms. The smallest absolute Gasteiger partial charge is 0.260 e. The lowest BCUT2D eigenvalue weighted by Crippen LogP contribution is -2.37. The maximum atomic E-state index is 12.2. The van der Waals surface area contributed by atoms with E-state index in [1.54, 1.807) is 6.92 Å². The summed E-state index contributed by atoms with van der Waals surface area (Å²) in [7, 11) is 0. The molecule has 0 heterocycles. The molecule has 122 valence electrons. The van der Waals surface area contributed by atoms with Gasteiger partial charge in [-0.15, -0.1) is 0 Å². The highest BCUT2D eigenvalue weighted by Crippen LogP contribution is 2.24. The minimum absolute atomic E-state index is 0.0838. The molecule has 3 heteroatoms. The number of amides is 1. The Bertz CT molecular complexity index is 665. The number of rotatable bonds is 6. The van der Waals surface area contributed by atoms with Crippen molar-refractivity contribution in [3.63, 3.8) is 0 Å². The highest BCUT2D eigenvalue weighted by molar-refractivity contribution is 5.80. The zero-order valence-corrected chi connectivity index (χ0v) is 14.3. The Balaban J connectivity index is 1.88. The van der Waals surface area contributed by atoms with Crippen molar-refractivity contribution >= 4 is 5.91 Å². The molecule has 2 aromatic rings. The van der Waals surface area contributed by atoms with Crippen LogP contribution in [0.1, 0.15) is 29.2 Å². The molecule has 23 heavy (non-hydrogen) atoms. The van der Waals surface area contributed by atoms with Gasteiger partial charge >= 0.3 is 0 Å². The fourth-order valence-electron chi connectivity index (χ4n) is 2.49. The second kappa shape index (κ2) is 7.82. The average Bonchev–Trinajstić information content (AvgIpc) is 2.53. The van der Waals surface area contributed by atoms with Gasteiger partial charge in [-0.3, -0.25) is 4.79 Å². The van der Waals surface area contributed by atoms with Crippen molar-refractivity contribution < 1.29 is 9.53 Å². The third-order valence-corrected chi connectivity index (χ3v) is 3.99. The van der Waals surface area contributed by atoms with Gasteiger partial charge in [-0.1, -0.05) is 36.4 Å². The molecule has 0 saturated carbocycles. The third-order valence-electron chi connectivity index (χ3n) is 3.99. The summed E-state index contributed by atoms with van der Waals surface area (Å²) >= 11 is 0. The lowest BCUT2D eigenvalue weighted by molar-refractivity contribution is -0.127. The molecule has 2 rings (SSSR count). The van der Waals surface area contributed by atoms with Crippen LogP contribution in [-0.2, 0) is 11.2 Å². The van der Waals surface area contributed by atoms with Gasteiger partial charge in [-0.25, -0.2) is 0 Å². The molecule has 1 amide bonds. The summed E-state index contributed by atoms with van der Waals surface area (Å²) in [4.78, 5) is 12.2. The zero-order valence-electron chi connectivity index (χ0n) is 14.3. The first kappa shape index (κ1) is 17.1. The summed E-state index contributed by atoms with van der Waals surface area (Å²) in [6, 6.07) is 14.2. The molecule has 0 aliphatic heterocycles. The molecule has 0 fully saturated rings. The van der Waals surface area contributed by atoms with Crippen LogP contribution in [0.4, 0.5) is 0 Å². The van der Waals surface area contributed by atoms with E-state index in [2.05, 4.69) is 30.4 Å². The Morgan fingerprint density at radius 1 is 1.13 bits per heavy atom. The number of carbonyl (C=O) groups excluding carboxylic acids is 1. The van der Waals surface area contributed by atoms with E-state index in [9.17, 15) is 4.79 Å². The molecule has 0 unspecified atom stereocenters. The normalized spacial score (nSPS) is 11.8. The Hall–Kier alpha value is -2.29. The maximum absolute atomic E-state index is 12.2. The van der Waals surface area contributed by atoms with Crippen LogP contribution in [0.3, 0.4) is 0 Å². The molecule has 0 spiro atoms. The summed E-state index contributed by atoms with van der Waals surface area (Å²) in [5.74, 6) is 0.702. The van der Waals surface area contributed by atoms with Gasteiger partial charge in [0.05, 0.1) is 0 Å². The largest absolute Gasteiger partial charge is 0.481 e. The maximum Gasteiger partial charge on any atom is 0.260 e. The van der Waals surface area contributed by atoms with Gasteiger partial charge in [0.2, 0.25) is 0 Å². The number of benzene rings is 2. The van der Waals surface area contributed by atoms with Gasteiger partial charge in [0.15, 0.2) is 6.10 Å².